The Balaban J connectivity index is 1.91. The molecule has 2 aliphatic rings. The van der Waals surface area contributed by atoms with Gasteiger partial charge < -0.3 is 5.11 Å². The molecule has 80 valence electrons. The highest BCUT2D eigenvalue weighted by atomic mass is 16.4. The monoisotopic (exact) mass is 196 g/mol. The predicted octanol–water partition coefficient (Wildman–Crippen LogP) is 2.92. The molecule has 0 aromatic heterocycles. The van der Waals surface area contributed by atoms with Gasteiger partial charge in [-0.05, 0) is 36.5 Å². The lowest BCUT2D eigenvalue weighted by molar-refractivity contribution is -0.139. The van der Waals surface area contributed by atoms with Gasteiger partial charge in [0.25, 0.3) is 0 Å². The van der Waals surface area contributed by atoms with Crippen LogP contribution in [0.5, 0.6) is 0 Å². The lowest BCUT2D eigenvalue weighted by atomic mass is 9.70. The molecule has 0 heterocycles. The maximum Gasteiger partial charge on any atom is 0.306 e. The molecule has 0 aromatic carbocycles. The Labute approximate surface area is 85.7 Å². The zero-order valence-electron chi connectivity index (χ0n) is 9.12. The van der Waals surface area contributed by atoms with Crippen LogP contribution in [0.2, 0.25) is 0 Å². The van der Waals surface area contributed by atoms with Crippen LogP contribution in [-0.4, -0.2) is 11.1 Å². The van der Waals surface area contributed by atoms with Gasteiger partial charge in [-0.3, -0.25) is 4.79 Å². The van der Waals surface area contributed by atoms with Crippen molar-refractivity contribution < 1.29 is 9.90 Å². The summed E-state index contributed by atoms with van der Waals surface area (Å²) >= 11 is 0. The van der Waals surface area contributed by atoms with Gasteiger partial charge in [0.2, 0.25) is 0 Å². The summed E-state index contributed by atoms with van der Waals surface area (Å²) in [5.41, 5.74) is 0.453. The summed E-state index contributed by atoms with van der Waals surface area (Å²) in [7, 11) is 0. The summed E-state index contributed by atoms with van der Waals surface area (Å²) in [5.74, 6) is 0.624. The van der Waals surface area contributed by atoms with Gasteiger partial charge in [-0.15, -0.1) is 0 Å². The van der Waals surface area contributed by atoms with Crippen molar-refractivity contribution in [1.29, 1.82) is 0 Å². The molecule has 2 nitrogen and oxygen atoms in total. The highest BCUT2D eigenvalue weighted by Crippen LogP contribution is 2.52. The van der Waals surface area contributed by atoms with Crippen LogP contribution < -0.4 is 0 Å². The summed E-state index contributed by atoms with van der Waals surface area (Å²) in [6, 6.07) is 0. The summed E-state index contributed by atoms with van der Waals surface area (Å²) in [4.78, 5) is 10.8. The maximum atomic E-state index is 10.8. The molecule has 1 N–H and O–H groups in total. The van der Waals surface area contributed by atoms with Crippen LogP contribution in [0.3, 0.4) is 0 Å². The normalized spacial score (nSPS) is 40.6. The molecule has 2 fully saturated rings. The van der Waals surface area contributed by atoms with Crippen LogP contribution >= 0.6 is 0 Å². The molecule has 2 rings (SSSR count). The molecule has 3 atom stereocenters. The number of hydrogen-bond acceptors (Lipinski definition) is 1. The average Bonchev–Trinajstić information content (AvgIpc) is 2.80. The van der Waals surface area contributed by atoms with Crippen molar-refractivity contribution in [2.24, 2.45) is 23.2 Å². The Bertz CT molecular complexity index is 245. The van der Waals surface area contributed by atoms with Crippen LogP contribution in [0.4, 0.5) is 0 Å². The second kappa shape index (κ2) is 3.25. The summed E-state index contributed by atoms with van der Waals surface area (Å²) in [6.45, 7) is 4.63. The molecule has 2 aliphatic carbocycles. The molecule has 0 aliphatic heterocycles. The number of aliphatic carboxylic acids is 1. The van der Waals surface area contributed by atoms with E-state index in [4.69, 9.17) is 5.11 Å². The Morgan fingerprint density at radius 3 is 2.64 bits per heavy atom. The Kier molecular flexibility index (Phi) is 2.32. The first-order chi connectivity index (χ1) is 6.49. The quantitative estimate of drug-likeness (QED) is 0.737. The van der Waals surface area contributed by atoms with Gasteiger partial charge in [-0.1, -0.05) is 26.7 Å². The molecular formula is C12H20O2. The number of rotatable bonds is 2. The zero-order valence-corrected chi connectivity index (χ0v) is 9.12. The topological polar surface area (TPSA) is 37.3 Å². The molecule has 0 radical (unpaired) electrons. The van der Waals surface area contributed by atoms with E-state index in [1.54, 1.807) is 0 Å². The van der Waals surface area contributed by atoms with E-state index in [1.807, 2.05) is 0 Å². The number of carboxylic acids is 1. The first-order valence-corrected chi connectivity index (χ1v) is 5.72. The highest BCUT2D eigenvalue weighted by Gasteiger charge is 2.49. The molecule has 0 spiro atoms. The van der Waals surface area contributed by atoms with E-state index in [-0.39, 0.29) is 5.92 Å². The first-order valence-electron chi connectivity index (χ1n) is 5.72. The number of carboxylic acid groups (broad SMARTS) is 1. The zero-order chi connectivity index (χ0) is 10.3. The molecule has 14 heavy (non-hydrogen) atoms. The fourth-order valence-corrected chi connectivity index (χ4v) is 3.14. The molecule has 0 saturated heterocycles. The Morgan fingerprint density at radius 2 is 2.14 bits per heavy atom. The number of carbonyl (C=O) groups is 1. The van der Waals surface area contributed by atoms with Crippen LogP contribution in [0.25, 0.3) is 0 Å². The minimum Gasteiger partial charge on any atom is -0.481 e. The molecule has 0 bridgehead atoms. The minimum atomic E-state index is -0.571. The van der Waals surface area contributed by atoms with Gasteiger partial charge in [0, 0.05) is 0 Å². The van der Waals surface area contributed by atoms with E-state index in [9.17, 15) is 4.79 Å². The molecule has 2 saturated carbocycles. The second-order valence-electron chi connectivity index (χ2n) is 5.86. The smallest absolute Gasteiger partial charge is 0.306 e. The summed E-state index contributed by atoms with van der Waals surface area (Å²) < 4.78 is 0. The fourth-order valence-electron chi connectivity index (χ4n) is 3.14. The van der Waals surface area contributed by atoms with Crippen LogP contribution in [0.15, 0.2) is 0 Å². The largest absolute Gasteiger partial charge is 0.481 e. The van der Waals surface area contributed by atoms with Crippen molar-refractivity contribution in [3.8, 4) is 0 Å². The average molecular weight is 196 g/mol. The second-order valence-corrected chi connectivity index (χ2v) is 5.86. The maximum absolute atomic E-state index is 10.8. The van der Waals surface area contributed by atoms with Crippen molar-refractivity contribution in [2.45, 2.75) is 46.0 Å². The minimum absolute atomic E-state index is 0.00565. The molecule has 0 amide bonds. The fraction of sp³-hybridized carbons (Fsp3) is 0.917. The van der Waals surface area contributed by atoms with Crippen molar-refractivity contribution in [2.75, 3.05) is 0 Å². The highest BCUT2D eigenvalue weighted by molar-refractivity contribution is 5.73. The molecular weight excluding hydrogens is 176 g/mol. The van der Waals surface area contributed by atoms with Gasteiger partial charge in [0.05, 0.1) is 5.92 Å². The molecule has 2 heteroatoms. The van der Waals surface area contributed by atoms with Gasteiger partial charge in [0.15, 0.2) is 0 Å². The predicted molar refractivity (Wildman–Crippen MR) is 55.0 cm³/mol. The standard InChI is InChI=1S/C12H20O2/c1-12(2)5-3-4-8(7-12)9-6-10(9)11(13)14/h8-10H,3-7H2,1-2H3,(H,13,14)/t8?,9-,10+/m0/s1. The SMILES string of the molecule is CC1(C)CCCC([C@@H]2C[C@H]2C(=O)O)C1. The van der Waals surface area contributed by atoms with Gasteiger partial charge in [0.1, 0.15) is 0 Å². The lowest BCUT2D eigenvalue weighted by Gasteiger charge is -2.35. The third kappa shape index (κ3) is 1.94. The number of hydrogen-bond donors (Lipinski definition) is 1. The Morgan fingerprint density at radius 1 is 1.43 bits per heavy atom. The van der Waals surface area contributed by atoms with Gasteiger partial charge in [-0.2, -0.15) is 0 Å². The van der Waals surface area contributed by atoms with E-state index >= 15 is 0 Å². The third-order valence-electron chi connectivity index (χ3n) is 4.01. The van der Waals surface area contributed by atoms with Gasteiger partial charge in [-0.25, -0.2) is 0 Å². The van der Waals surface area contributed by atoms with Gasteiger partial charge >= 0.3 is 5.97 Å². The Hall–Kier alpha value is -0.530. The molecule has 1 unspecified atom stereocenters. The van der Waals surface area contributed by atoms with Crippen LogP contribution in [-0.2, 0) is 4.79 Å². The van der Waals surface area contributed by atoms with Crippen LogP contribution in [0, 0.1) is 23.2 Å². The third-order valence-corrected chi connectivity index (χ3v) is 4.01. The van der Waals surface area contributed by atoms with Crippen molar-refractivity contribution in [1.82, 2.24) is 0 Å². The van der Waals surface area contributed by atoms with E-state index in [0.29, 0.717) is 17.3 Å². The summed E-state index contributed by atoms with van der Waals surface area (Å²) in [6.07, 6.45) is 6.05. The van der Waals surface area contributed by atoms with E-state index in [1.165, 1.54) is 25.7 Å². The van der Waals surface area contributed by atoms with Crippen molar-refractivity contribution >= 4 is 5.97 Å². The lowest BCUT2D eigenvalue weighted by Crippen LogP contribution is -2.24. The van der Waals surface area contributed by atoms with E-state index < -0.39 is 5.97 Å². The van der Waals surface area contributed by atoms with E-state index in [0.717, 1.165) is 6.42 Å². The van der Waals surface area contributed by atoms with Crippen LogP contribution in [0.1, 0.15) is 46.0 Å². The summed E-state index contributed by atoms with van der Waals surface area (Å²) in [5, 5.41) is 8.88. The van der Waals surface area contributed by atoms with Crippen molar-refractivity contribution in [3.63, 3.8) is 0 Å². The van der Waals surface area contributed by atoms with E-state index in [2.05, 4.69) is 13.8 Å². The first kappa shape index (κ1) is 10.0. The molecule has 0 aromatic rings. The van der Waals surface area contributed by atoms with Crippen molar-refractivity contribution in [3.05, 3.63) is 0 Å².